The first-order chi connectivity index (χ1) is 9.74. The Morgan fingerprint density at radius 2 is 2.05 bits per heavy atom. The van der Waals surface area contributed by atoms with E-state index < -0.39 is 0 Å². The summed E-state index contributed by atoms with van der Waals surface area (Å²) in [6.07, 6.45) is 1.96. The average Bonchev–Trinajstić information content (AvgIpc) is 2.98. The van der Waals surface area contributed by atoms with Gasteiger partial charge in [0.15, 0.2) is 0 Å². The van der Waals surface area contributed by atoms with Crippen molar-refractivity contribution in [1.82, 2.24) is 4.98 Å². The summed E-state index contributed by atoms with van der Waals surface area (Å²) in [5, 5.41) is 3.32. The topological polar surface area (TPSA) is 38.9 Å². The maximum absolute atomic E-state index is 6.31. The lowest BCUT2D eigenvalue weighted by molar-refractivity contribution is 0.639. The summed E-state index contributed by atoms with van der Waals surface area (Å²) >= 11 is 1.79. The first-order valence-corrected chi connectivity index (χ1v) is 7.76. The van der Waals surface area contributed by atoms with Crippen LogP contribution in [0.5, 0.6) is 0 Å². The van der Waals surface area contributed by atoms with E-state index in [-0.39, 0.29) is 6.04 Å². The van der Waals surface area contributed by atoms with Crippen molar-refractivity contribution in [3.05, 3.63) is 64.0 Å². The smallest absolute Gasteiger partial charge is 0.0708 e. The molecule has 3 heteroatoms. The Morgan fingerprint density at radius 3 is 2.85 bits per heavy atom. The highest BCUT2D eigenvalue weighted by molar-refractivity contribution is 7.09. The number of nitrogens with zero attached hydrogens (tertiary/aromatic N) is 1. The van der Waals surface area contributed by atoms with Gasteiger partial charge in [0.05, 0.1) is 11.2 Å². The van der Waals surface area contributed by atoms with Gasteiger partial charge in [0.1, 0.15) is 0 Å². The number of benzene rings is 1. The number of hydrogen-bond acceptors (Lipinski definition) is 3. The van der Waals surface area contributed by atoms with Gasteiger partial charge in [-0.1, -0.05) is 24.3 Å². The van der Waals surface area contributed by atoms with E-state index in [0.29, 0.717) is 0 Å². The highest BCUT2D eigenvalue weighted by Crippen LogP contribution is 2.23. The van der Waals surface area contributed by atoms with Gasteiger partial charge in [-0.15, -0.1) is 11.3 Å². The second-order valence-electron chi connectivity index (χ2n) is 5.11. The van der Waals surface area contributed by atoms with Crippen LogP contribution in [0.4, 0.5) is 0 Å². The Hall–Kier alpha value is -1.71. The van der Waals surface area contributed by atoms with E-state index in [2.05, 4.69) is 42.6 Å². The van der Waals surface area contributed by atoms with E-state index in [4.69, 9.17) is 10.7 Å². The monoisotopic (exact) mass is 282 g/mol. The summed E-state index contributed by atoms with van der Waals surface area (Å²) in [4.78, 5) is 6.10. The summed E-state index contributed by atoms with van der Waals surface area (Å²) in [5.41, 5.74) is 9.60. The van der Waals surface area contributed by atoms with Crippen molar-refractivity contribution in [1.29, 1.82) is 0 Å². The van der Waals surface area contributed by atoms with Crippen molar-refractivity contribution in [2.75, 3.05) is 0 Å². The third-order valence-electron chi connectivity index (χ3n) is 3.60. The Kier molecular flexibility index (Phi) is 3.81. The molecule has 2 aromatic heterocycles. The van der Waals surface area contributed by atoms with Crippen molar-refractivity contribution in [2.24, 2.45) is 5.73 Å². The minimum absolute atomic E-state index is 0.000376. The van der Waals surface area contributed by atoms with Gasteiger partial charge in [0, 0.05) is 16.3 Å². The lowest BCUT2D eigenvalue weighted by atomic mass is 10.0. The molecule has 0 amide bonds. The highest BCUT2D eigenvalue weighted by atomic mass is 32.1. The van der Waals surface area contributed by atoms with Crippen molar-refractivity contribution in [3.8, 4) is 0 Å². The van der Waals surface area contributed by atoms with Crippen molar-refractivity contribution >= 4 is 22.2 Å². The van der Waals surface area contributed by atoms with Crippen LogP contribution >= 0.6 is 11.3 Å². The quantitative estimate of drug-likeness (QED) is 0.777. The van der Waals surface area contributed by atoms with Crippen LogP contribution < -0.4 is 5.73 Å². The predicted octanol–water partition coefficient (Wildman–Crippen LogP) is 4.24. The second kappa shape index (κ2) is 5.73. The van der Waals surface area contributed by atoms with Crippen LogP contribution in [0.3, 0.4) is 0 Å². The van der Waals surface area contributed by atoms with Crippen molar-refractivity contribution < 1.29 is 0 Å². The van der Waals surface area contributed by atoms with E-state index >= 15 is 0 Å². The maximum Gasteiger partial charge on any atom is 0.0708 e. The minimum atomic E-state index is 0.000376. The van der Waals surface area contributed by atoms with E-state index in [0.717, 1.165) is 24.1 Å². The average molecular weight is 282 g/mol. The van der Waals surface area contributed by atoms with Crippen LogP contribution in [0.2, 0.25) is 0 Å². The SMILES string of the molecule is Cc1cc(C(N)CCc2cccs2)nc2ccccc12. The molecule has 0 fully saturated rings. The molecule has 0 aliphatic heterocycles. The van der Waals surface area contributed by atoms with Gasteiger partial charge in [-0.2, -0.15) is 0 Å². The van der Waals surface area contributed by atoms with Crippen LogP contribution in [-0.4, -0.2) is 4.98 Å². The largest absolute Gasteiger partial charge is 0.323 e. The van der Waals surface area contributed by atoms with E-state index in [1.54, 1.807) is 11.3 Å². The molecular weight excluding hydrogens is 264 g/mol. The molecule has 2 N–H and O–H groups in total. The number of fused-ring (bicyclic) bond motifs is 1. The van der Waals surface area contributed by atoms with Gasteiger partial charge in [-0.25, -0.2) is 0 Å². The molecule has 0 aliphatic carbocycles. The summed E-state index contributed by atoms with van der Waals surface area (Å²) in [7, 11) is 0. The molecule has 3 aromatic rings. The first kappa shape index (κ1) is 13.3. The van der Waals surface area contributed by atoms with Gasteiger partial charge in [-0.3, -0.25) is 4.98 Å². The molecular formula is C17H18N2S. The maximum atomic E-state index is 6.31. The van der Waals surface area contributed by atoms with Crippen LogP contribution in [0.15, 0.2) is 47.8 Å². The number of pyridine rings is 1. The summed E-state index contributed by atoms with van der Waals surface area (Å²) in [6, 6.07) is 14.6. The van der Waals surface area contributed by atoms with Crippen molar-refractivity contribution in [3.63, 3.8) is 0 Å². The van der Waals surface area contributed by atoms with E-state index in [9.17, 15) is 0 Å². The third kappa shape index (κ3) is 2.74. The predicted molar refractivity (Wildman–Crippen MR) is 86.0 cm³/mol. The van der Waals surface area contributed by atoms with Gasteiger partial charge < -0.3 is 5.73 Å². The number of hydrogen-bond donors (Lipinski definition) is 1. The number of thiophene rings is 1. The number of para-hydroxylation sites is 1. The van der Waals surface area contributed by atoms with E-state index in [1.165, 1.54) is 15.8 Å². The number of nitrogens with two attached hydrogens (primary N) is 1. The number of aryl methyl sites for hydroxylation is 2. The van der Waals surface area contributed by atoms with Crippen LogP contribution in [0.1, 0.15) is 28.6 Å². The zero-order valence-corrected chi connectivity index (χ0v) is 12.4. The molecule has 0 saturated carbocycles. The lowest BCUT2D eigenvalue weighted by Crippen LogP contribution is -2.13. The molecule has 0 spiro atoms. The molecule has 2 heterocycles. The fraction of sp³-hybridized carbons (Fsp3) is 0.235. The lowest BCUT2D eigenvalue weighted by Gasteiger charge is -2.13. The second-order valence-corrected chi connectivity index (χ2v) is 6.14. The molecule has 0 aliphatic rings. The molecule has 0 saturated heterocycles. The van der Waals surface area contributed by atoms with E-state index in [1.807, 2.05) is 12.1 Å². The number of aromatic nitrogens is 1. The van der Waals surface area contributed by atoms with Gasteiger partial charge in [0.2, 0.25) is 0 Å². The molecule has 102 valence electrons. The van der Waals surface area contributed by atoms with Crippen LogP contribution in [0.25, 0.3) is 10.9 Å². The Morgan fingerprint density at radius 1 is 1.20 bits per heavy atom. The zero-order chi connectivity index (χ0) is 13.9. The van der Waals surface area contributed by atoms with Crippen molar-refractivity contribution in [2.45, 2.75) is 25.8 Å². The molecule has 1 atom stereocenters. The molecule has 0 bridgehead atoms. The summed E-state index contributed by atoms with van der Waals surface area (Å²) in [6.45, 7) is 2.12. The van der Waals surface area contributed by atoms with Gasteiger partial charge >= 0.3 is 0 Å². The molecule has 3 rings (SSSR count). The summed E-state index contributed by atoms with van der Waals surface area (Å²) in [5.74, 6) is 0. The Balaban J connectivity index is 1.82. The first-order valence-electron chi connectivity index (χ1n) is 6.88. The minimum Gasteiger partial charge on any atom is -0.323 e. The van der Waals surface area contributed by atoms with Gasteiger partial charge in [-0.05, 0) is 48.9 Å². The Bertz CT molecular complexity index is 704. The highest BCUT2D eigenvalue weighted by Gasteiger charge is 2.10. The Labute approximate surface area is 123 Å². The third-order valence-corrected chi connectivity index (χ3v) is 4.54. The molecule has 2 nitrogen and oxygen atoms in total. The fourth-order valence-corrected chi connectivity index (χ4v) is 3.19. The molecule has 1 unspecified atom stereocenters. The fourth-order valence-electron chi connectivity index (χ4n) is 2.47. The standard InChI is InChI=1S/C17H18N2S/c1-12-11-17(19-16-7-3-2-6-14(12)16)15(18)9-8-13-5-4-10-20-13/h2-7,10-11,15H,8-9,18H2,1H3. The zero-order valence-electron chi connectivity index (χ0n) is 11.5. The molecule has 20 heavy (non-hydrogen) atoms. The molecule has 0 radical (unpaired) electrons. The van der Waals surface area contributed by atoms with Crippen LogP contribution in [-0.2, 0) is 6.42 Å². The summed E-state index contributed by atoms with van der Waals surface area (Å²) < 4.78 is 0. The normalized spacial score (nSPS) is 12.7. The molecule has 1 aromatic carbocycles. The van der Waals surface area contributed by atoms with Gasteiger partial charge in [0.25, 0.3) is 0 Å². The number of rotatable bonds is 4. The van der Waals surface area contributed by atoms with Crippen LogP contribution in [0, 0.1) is 6.92 Å².